The number of unbranched alkanes of at least 4 members (excludes halogenated alkanes) is 1. The van der Waals surface area contributed by atoms with Crippen molar-refractivity contribution in [2.45, 2.75) is 72.3 Å². The summed E-state index contributed by atoms with van der Waals surface area (Å²) in [5, 5.41) is 0. The second-order valence-corrected chi connectivity index (χ2v) is 7.84. The van der Waals surface area contributed by atoms with Gasteiger partial charge in [-0.05, 0) is 51.8 Å². The number of carbonyl (C=O) groups excluding carboxylic acids is 1. The van der Waals surface area contributed by atoms with Crippen molar-refractivity contribution in [3.05, 3.63) is 35.2 Å². The van der Waals surface area contributed by atoms with Crippen LogP contribution >= 0.6 is 0 Å². The molecule has 2 heterocycles. The van der Waals surface area contributed by atoms with Crippen molar-refractivity contribution in [3.63, 3.8) is 0 Å². The van der Waals surface area contributed by atoms with Crippen LogP contribution in [0.5, 0.6) is 0 Å². The van der Waals surface area contributed by atoms with Gasteiger partial charge in [0.05, 0.1) is 18.4 Å². The van der Waals surface area contributed by atoms with E-state index in [4.69, 9.17) is 14.5 Å². The third-order valence-electron chi connectivity index (χ3n) is 5.04. The van der Waals surface area contributed by atoms with E-state index in [-0.39, 0.29) is 18.3 Å². The molecule has 3 atom stereocenters. The normalized spacial score (nSPS) is 23.4. The Morgan fingerprint density at radius 1 is 1.37 bits per heavy atom. The molecule has 1 aromatic heterocycles. The smallest absolute Gasteiger partial charge is 0.330 e. The van der Waals surface area contributed by atoms with Gasteiger partial charge in [0.1, 0.15) is 6.23 Å². The molecule has 27 heavy (non-hydrogen) atoms. The van der Waals surface area contributed by atoms with Crippen LogP contribution in [0.4, 0.5) is 0 Å². The molecule has 1 aromatic rings. The van der Waals surface area contributed by atoms with Crippen LogP contribution in [0, 0.1) is 5.92 Å². The Labute approximate surface area is 163 Å². The topological polar surface area (TPSA) is 51.7 Å². The van der Waals surface area contributed by atoms with Gasteiger partial charge in [-0.15, -0.1) is 0 Å². The van der Waals surface area contributed by atoms with Crippen LogP contribution in [0.1, 0.15) is 70.6 Å². The molecule has 0 bridgehead atoms. The van der Waals surface area contributed by atoms with Crippen molar-refractivity contribution < 1.29 is 14.3 Å². The third-order valence-corrected chi connectivity index (χ3v) is 5.04. The van der Waals surface area contributed by atoms with Crippen molar-refractivity contribution in [2.75, 3.05) is 13.7 Å². The van der Waals surface area contributed by atoms with Crippen LogP contribution in [-0.4, -0.2) is 41.7 Å². The van der Waals surface area contributed by atoms with E-state index < -0.39 is 0 Å². The van der Waals surface area contributed by atoms with Crippen molar-refractivity contribution in [1.29, 1.82) is 0 Å². The predicted molar refractivity (Wildman–Crippen MR) is 108 cm³/mol. The number of nitrogens with zero attached hydrogens (tertiary/aromatic N) is 2. The van der Waals surface area contributed by atoms with Crippen LogP contribution in [-0.2, 0) is 20.7 Å². The van der Waals surface area contributed by atoms with Crippen molar-refractivity contribution in [3.8, 4) is 0 Å². The molecule has 150 valence electrons. The highest BCUT2D eigenvalue weighted by Gasteiger charge is 2.36. The van der Waals surface area contributed by atoms with Gasteiger partial charge in [0.2, 0.25) is 0 Å². The van der Waals surface area contributed by atoms with E-state index >= 15 is 0 Å². The molecule has 1 aliphatic heterocycles. The summed E-state index contributed by atoms with van der Waals surface area (Å²) in [7, 11) is 2.06. The summed E-state index contributed by atoms with van der Waals surface area (Å²) in [6, 6.07) is 4.48. The molecular weight excluding hydrogens is 340 g/mol. The highest BCUT2D eigenvalue weighted by atomic mass is 16.5. The van der Waals surface area contributed by atoms with E-state index in [1.165, 1.54) is 6.08 Å². The summed E-state index contributed by atoms with van der Waals surface area (Å²) in [4.78, 5) is 19.0. The number of hydrogen-bond acceptors (Lipinski definition) is 5. The maximum Gasteiger partial charge on any atom is 0.330 e. The maximum atomic E-state index is 12.0. The fourth-order valence-corrected chi connectivity index (χ4v) is 3.06. The van der Waals surface area contributed by atoms with Gasteiger partial charge in [0.15, 0.2) is 0 Å². The summed E-state index contributed by atoms with van der Waals surface area (Å²) in [6.45, 7) is 10.9. The number of likely N-dealkylation sites (N-methyl/N-ethyl adjacent to an activating group) is 1. The zero-order valence-corrected chi connectivity index (χ0v) is 17.6. The van der Waals surface area contributed by atoms with E-state index in [0.717, 1.165) is 36.2 Å². The van der Waals surface area contributed by atoms with Gasteiger partial charge in [-0.25, -0.2) is 4.79 Å². The van der Waals surface area contributed by atoms with Crippen LogP contribution in [0.25, 0.3) is 6.08 Å². The Kier molecular flexibility index (Phi) is 7.99. The standard InChI is InChI=1S/C22H34N2O3/c1-7-8-9-18-10-11-19(22-24(6)16(4)17(5)27-22)20(23-18)12-13-21(25)26-14-15(2)3/h10-13,15-17,22H,7-9,14H2,1-6H3/b13-12+/t16-,17+,22?/m0/s1. The number of carbonyl (C=O) groups is 1. The summed E-state index contributed by atoms with van der Waals surface area (Å²) < 4.78 is 11.4. The van der Waals surface area contributed by atoms with E-state index in [1.54, 1.807) is 6.08 Å². The Morgan fingerprint density at radius 2 is 2.11 bits per heavy atom. The monoisotopic (exact) mass is 374 g/mol. The van der Waals surface area contributed by atoms with Crippen LogP contribution in [0.2, 0.25) is 0 Å². The molecule has 1 aliphatic rings. The minimum Gasteiger partial charge on any atom is -0.462 e. The van der Waals surface area contributed by atoms with Gasteiger partial charge < -0.3 is 9.47 Å². The lowest BCUT2D eigenvalue weighted by Gasteiger charge is -2.22. The highest BCUT2D eigenvalue weighted by Crippen LogP contribution is 2.34. The number of ether oxygens (including phenoxy) is 2. The van der Waals surface area contributed by atoms with E-state index in [0.29, 0.717) is 18.6 Å². The van der Waals surface area contributed by atoms with Gasteiger partial charge in [-0.1, -0.05) is 33.3 Å². The Balaban J connectivity index is 2.26. The summed E-state index contributed by atoms with van der Waals surface area (Å²) in [5.41, 5.74) is 2.81. The van der Waals surface area contributed by atoms with Gasteiger partial charge in [0.25, 0.3) is 0 Å². The minimum atomic E-state index is -0.335. The van der Waals surface area contributed by atoms with E-state index in [1.807, 2.05) is 13.8 Å². The lowest BCUT2D eigenvalue weighted by atomic mass is 10.1. The number of hydrogen-bond donors (Lipinski definition) is 0. The molecule has 0 aromatic carbocycles. The summed E-state index contributed by atoms with van der Waals surface area (Å²) in [6.07, 6.45) is 6.38. The van der Waals surface area contributed by atoms with Crippen molar-refractivity contribution in [2.24, 2.45) is 5.92 Å². The molecule has 0 N–H and O–H groups in total. The second-order valence-electron chi connectivity index (χ2n) is 7.84. The zero-order chi connectivity index (χ0) is 20.0. The summed E-state index contributed by atoms with van der Waals surface area (Å²) in [5.74, 6) is -0.0187. The van der Waals surface area contributed by atoms with Crippen molar-refractivity contribution in [1.82, 2.24) is 9.88 Å². The molecule has 5 nitrogen and oxygen atoms in total. The molecule has 0 spiro atoms. The second kappa shape index (κ2) is 10.00. The SMILES string of the molecule is CCCCc1ccc(C2O[C@H](C)[C@H](C)N2C)c(/C=C/C(=O)OCC(C)C)n1. The minimum absolute atomic E-state index is 0.146. The molecule has 0 aliphatic carbocycles. The Hall–Kier alpha value is -1.72. The van der Waals surface area contributed by atoms with Crippen molar-refractivity contribution >= 4 is 12.0 Å². The van der Waals surface area contributed by atoms with E-state index in [9.17, 15) is 4.79 Å². The van der Waals surface area contributed by atoms with Crippen LogP contribution in [0.15, 0.2) is 18.2 Å². The molecule has 5 heteroatoms. The first-order chi connectivity index (χ1) is 12.8. The van der Waals surface area contributed by atoms with Gasteiger partial charge in [-0.3, -0.25) is 9.88 Å². The quantitative estimate of drug-likeness (QED) is 0.499. The predicted octanol–water partition coefficient (Wildman–Crippen LogP) is 4.37. The lowest BCUT2D eigenvalue weighted by Crippen LogP contribution is -2.29. The Morgan fingerprint density at radius 3 is 2.70 bits per heavy atom. The first kappa shape index (κ1) is 21.6. The number of rotatable bonds is 8. The Bertz CT molecular complexity index is 657. The van der Waals surface area contributed by atoms with Crippen LogP contribution in [0.3, 0.4) is 0 Å². The zero-order valence-electron chi connectivity index (χ0n) is 17.6. The van der Waals surface area contributed by atoms with Crippen LogP contribution < -0.4 is 0 Å². The lowest BCUT2D eigenvalue weighted by molar-refractivity contribution is -0.138. The van der Waals surface area contributed by atoms with Gasteiger partial charge >= 0.3 is 5.97 Å². The average Bonchev–Trinajstić information content (AvgIpc) is 2.90. The highest BCUT2D eigenvalue weighted by molar-refractivity contribution is 5.87. The molecule has 2 rings (SSSR count). The molecule has 0 saturated carbocycles. The fourth-order valence-electron chi connectivity index (χ4n) is 3.06. The molecule has 1 fully saturated rings. The molecule has 0 amide bonds. The van der Waals surface area contributed by atoms with Gasteiger partial charge in [-0.2, -0.15) is 0 Å². The number of esters is 1. The first-order valence-electron chi connectivity index (χ1n) is 10.1. The molecular formula is C22H34N2O3. The maximum absolute atomic E-state index is 12.0. The fraction of sp³-hybridized carbons (Fsp3) is 0.636. The molecule has 0 radical (unpaired) electrons. The van der Waals surface area contributed by atoms with E-state index in [2.05, 4.69) is 44.9 Å². The molecule has 1 saturated heterocycles. The summed E-state index contributed by atoms with van der Waals surface area (Å²) >= 11 is 0. The van der Waals surface area contributed by atoms with Gasteiger partial charge in [0, 0.05) is 23.4 Å². The average molecular weight is 375 g/mol. The third kappa shape index (κ3) is 5.88. The first-order valence-corrected chi connectivity index (χ1v) is 10.1. The number of aromatic nitrogens is 1. The largest absolute Gasteiger partial charge is 0.462 e. The number of aryl methyl sites for hydroxylation is 1. The number of pyridine rings is 1. The molecule has 1 unspecified atom stereocenters.